The van der Waals surface area contributed by atoms with Gasteiger partial charge in [-0.25, -0.2) is 4.79 Å². The monoisotopic (exact) mass is 302 g/mol. The predicted molar refractivity (Wildman–Crippen MR) is 82.2 cm³/mol. The number of nitrogens with two attached hydrogens (primary N) is 1. The summed E-state index contributed by atoms with van der Waals surface area (Å²) in [6.45, 7) is 11.8. The van der Waals surface area contributed by atoms with Gasteiger partial charge in [0.15, 0.2) is 0 Å². The first kappa shape index (κ1) is 19.7. The molecule has 0 rings (SSSR count). The van der Waals surface area contributed by atoms with Crippen LogP contribution in [0.25, 0.3) is 0 Å². The summed E-state index contributed by atoms with van der Waals surface area (Å²) in [5, 5.41) is 8.73. The molecule has 0 saturated carbocycles. The van der Waals surface area contributed by atoms with Crippen LogP contribution in [0.5, 0.6) is 0 Å². The molecule has 0 aliphatic heterocycles. The SMILES string of the molecule is CC(C)(C)OC(=O)N(CCCC[C@H](N)C(=O)O)C(C)(C)C. The van der Waals surface area contributed by atoms with Gasteiger partial charge in [-0.05, 0) is 60.8 Å². The Morgan fingerprint density at radius 1 is 1.14 bits per heavy atom. The quantitative estimate of drug-likeness (QED) is 0.736. The van der Waals surface area contributed by atoms with Crippen molar-refractivity contribution < 1.29 is 19.4 Å². The number of hydrogen-bond donors (Lipinski definition) is 2. The van der Waals surface area contributed by atoms with E-state index < -0.39 is 17.6 Å². The number of ether oxygens (including phenoxy) is 1. The lowest BCUT2D eigenvalue weighted by Gasteiger charge is -2.37. The maximum Gasteiger partial charge on any atom is 0.410 e. The number of aliphatic carboxylic acids is 1. The molecule has 21 heavy (non-hydrogen) atoms. The highest BCUT2D eigenvalue weighted by molar-refractivity contribution is 5.73. The van der Waals surface area contributed by atoms with E-state index in [1.165, 1.54) is 0 Å². The van der Waals surface area contributed by atoms with Crippen LogP contribution in [0, 0.1) is 0 Å². The minimum Gasteiger partial charge on any atom is -0.480 e. The van der Waals surface area contributed by atoms with E-state index in [9.17, 15) is 9.59 Å². The van der Waals surface area contributed by atoms with E-state index >= 15 is 0 Å². The molecule has 1 atom stereocenters. The minimum absolute atomic E-state index is 0.350. The first-order valence-corrected chi connectivity index (χ1v) is 7.33. The van der Waals surface area contributed by atoms with Gasteiger partial charge in [-0.1, -0.05) is 0 Å². The molecule has 0 aromatic heterocycles. The maximum absolute atomic E-state index is 12.2. The van der Waals surface area contributed by atoms with E-state index in [0.717, 1.165) is 0 Å². The van der Waals surface area contributed by atoms with Crippen molar-refractivity contribution in [2.45, 2.75) is 78.0 Å². The van der Waals surface area contributed by atoms with Crippen molar-refractivity contribution in [3.05, 3.63) is 0 Å². The second kappa shape index (κ2) is 7.64. The zero-order chi connectivity index (χ0) is 16.8. The molecule has 3 N–H and O–H groups in total. The fourth-order valence-electron chi connectivity index (χ4n) is 1.78. The van der Waals surface area contributed by atoms with E-state index in [2.05, 4.69) is 0 Å². The first-order chi connectivity index (χ1) is 9.34. The Labute approximate surface area is 127 Å². The summed E-state index contributed by atoms with van der Waals surface area (Å²) in [4.78, 5) is 24.5. The lowest BCUT2D eigenvalue weighted by molar-refractivity contribution is -0.138. The van der Waals surface area contributed by atoms with Crippen molar-refractivity contribution >= 4 is 12.1 Å². The summed E-state index contributed by atoms with van der Waals surface area (Å²) < 4.78 is 5.41. The third-order valence-electron chi connectivity index (χ3n) is 2.89. The van der Waals surface area contributed by atoms with Gasteiger partial charge in [-0.2, -0.15) is 0 Å². The van der Waals surface area contributed by atoms with Gasteiger partial charge in [0.25, 0.3) is 0 Å². The molecule has 0 heterocycles. The van der Waals surface area contributed by atoms with Gasteiger partial charge in [-0.3, -0.25) is 4.79 Å². The standard InChI is InChI=1S/C15H30N2O4/c1-14(2,3)17(13(20)21-15(4,5)6)10-8-7-9-11(16)12(18)19/h11H,7-10,16H2,1-6H3,(H,18,19)/t11-/m0/s1. The number of rotatable bonds is 6. The average Bonchev–Trinajstić information content (AvgIpc) is 2.23. The topological polar surface area (TPSA) is 92.9 Å². The van der Waals surface area contributed by atoms with Crippen LogP contribution in [-0.2, 0) is 9.53 Å². The van der Waals surface area contributed by atoms with Crippen LogP contribution in [-0.4, -0.2) is 45.8 Å². The fourth-order valence-corrected chi connectivity index (χ4v) is 1.78. The number of carboxylic acid groups (broad SMARTS) is 1. The fraction of sp³-hybridized carbons (Fsp3) is 0.867. The van der Waals surface area contributed by atoms with Crippen molar-refractivity contribution in [2.75, 3.05) is 6.54 Å². The molecular weight excluding hydrogens is 272 g/mol. The first-order valence-electron chi connectivity index (χ1n) is 7.33. The van der Waals surface area contributed by atoms with Crippen LogP contribution >= 0.6 is 0 Å². The Balaban J connectivity index is 4.47. The number of unbranched alkanes of at least 4 members (excludes halogenated alkanes) is 1. The van der Waals surface area contributed by atoms with Crippen molar-refractivity contribution in [3.63, 3.8) is 0 Å². The summed E-state index contributed by atoms with van der Waals surface area (Å²) >= 11 is 0. The third kappa shape index (κ3) is 8.55. The van der Waals surface area contributed by atoms with Gasteiger partial charge in [0.1, 0.15) is 11.6 Å². The third-order valence-corrected chi connectivity index (χ3v) is 2.89. The van der Waals surface area contributed by atoms with Gasteiger partial charge in [0.2, 0.25) is 0 Å². The Bertz CT molecular complexity index is 356. The lowest BCUT2D eigenvalue weighted by Crippen LogP contribution is -2.48. The van der Waals surface area contributed by atoms with Crippen molar-refractivity contribution in [3.8, 4) is 0 Å². The predicted octanol–water partition coefficient (Wildman–Crippen LogP) is 2.60. The molecule has 0 bridgehead atoms. The number of amides is 1. The number of carboxylic acids is 1. The normalized spacial score (nSPS) is 13.7. The summed E-state index contributed by atoms with van der Waals surface area (Å²) in [5.74, 6) is -0.991. The molecule has 0 aliphatic carbocycles. The molecule has 0 fully saturated rings. The zero-order valence-corrected chi connectivity index (χ0v) is 14.1. The Morgan fingerprint density at radius 2 is 1.67 bits per heavy atom. The van der Waals surface area contributed by atoms with Gasteiger partial charge in [0.05, 0.1) is 0 Å². The number of carbonyl (C=O) groups excluding carboxylic acids is 1. The summed E-state index contributed by atoms with van der Waals surface area (Å²) in [7, 11) is 0. The van der Waals surface area contributed by atoms with Crippen molar-refractivity contribution in [1.82, 2.24) is 4.90 Å². The minimum atomic E-state index is -0.991. The summed E-state index contributed by atoms with van der Waals surface area (Å²) in [6.07, 6.45) is 1.40. The highest BCUT2D eigenvalue weighted by Crippen LogP contribution is 2.19. The van der Waals surface area contributed by atoms with Crippen LogP contribution in [0.1, 0.15) is 60.8 Å². The van der Waals surface area contributed by atoms with E-state index in [4.69, 9.17) is 15.6 Å². The van der Waals surface area contributed by atoms with Crippen molar-refractivity contribution in [2.24, 2.45) is 5.73 Å². The highest BCUT2D eigenvalue weighted by Gasteiger charge is 2.30. The van der Waals surface area contributed by atoms with E-state index in [0.29, 0.717) is 25.8 Å². The van der Waals surface area contributed by atoms with Gasteiger partial charge in [0, 0.05) is 12.1 Å². The Morgan fingerprint density at radius 3 is 2.05 bits per heavy atom. The molecule has 0 unspecified atom stereocenters. The molecule has 0 radical (unpaired) electrons. The largest absolute Gasteiger partial charge is 0.480 e. The molecule has 0 aromatic carbocycles. The van der Waals surface area contributed by atoms with Crippen LogP contribution < -0.4 is 5.73 Å². The molecule has 0 saturated heterocycles. The number of nitrogens with zero attached hydrogens (tertiary/aromatic N) is 1. The second-order valence-corrected chi connectivity index (χ2v) is 7.24. The smallest absolute Gasteiger partial charge is 0.410 e. The maximum atomic E-state index is 12.2. The number of carbonyl (C=O) groups is 2. The second-order valence-electron chi connectivity index (χ2n) is 7.24. The van der Waals surface area contributed by atoms with Gasteiger partial charge < -0.3 is 20.5 Å². The van der Waals surface area contributed by atoms with Gasteiger partial charge in [-0.15, -0.1) is 0 Å². The molecular formula is C15H30N2O4. The highest BCUT2D eigenvalue weighted by atomic mass is 16.6. The van der Waals surface area contributed by atoms with E-state index in [-0.39, 0.29) is 11.6 Å². The van der Waals surface area contributed by atoms with Crippen LogP contribution in [0.15, 0.2) is 0 Å². The summed E-state index contributed by atoms with van der Waals surface area (Å²) in [5.41, 5.74) is 4.57. The van der Waals surface area contributed by atoms with Crippen molar-refractivity contribution in [1.29, 1.82) is 0 Å². The summed E-state index contributed by atoms with van der Waals surface area (Å²) in [6, 6.07) is -0.838. The molecule has 0 spiro atoms. The Kier molecular flexibility index (Phi) is 7.16. The van der Waals surface area contributed by atoms with Gasteiger partial charge >= 0.3 is 12.1 Å². The number of hydrogen-bond acceptors (Lipinski definition) is 4. The van der Waals surface area contributed by atoms with E-state index in [1.54, 1.807) is 4.90 Å². The van der Waals surface area contributed by atoms with Crippen LogP contribution in [0.2, 0.25) is 0 Å². The Hall–Kier alpha value is -1.30. The molecule has 0 aliphatic rings. The van der Waals surface area contributed by atoms with Crippen LogP contribution in [0.4, 0.5) is 4.79 Å². The molecule has 124 valence electrons. The van der Waals surface area contributed by atoms with E-state index in [1.807, 2.05) is 41.5 Å². The molecule has 1 amide bonds. The molecule has 6 nitrogen and oxygen atoms in total. The lowest BCUT2D eigenvalue weighted by atomic mass is 10.0. The van der Waals surface area contributed by atoms with Crippen LogP contribution in [0.3, 0.4) is 0 Å². The molecule has 6 heteroatoms. The zero-order valence-electron chi connectivity index (χ0n) is 14.1. The average molecular weight is 302 g/mol. The molecule has 0 aromatic rings.